The summed E-state index contributed by atoms with van der Waals surface area (Å²) >= 11 is 0. The van der Waals surface area contributed by atoms with Crippen LogP contribution in [0.2, 0.25) is 0 Å². The number of nitro groups is 1. The van der Waals surface area contributed by atoms with E-state index in [4.69, 9.17) is 14.2 Å². The summed E-state index contributed by atoms with van der Waals surface area (Å²) < 4.78 is 28.7. The Hall–Kier alpha value is -1.99. The summed E-state index contributed by atoms with van der Waals surface area (Å²) in [6, 6.07) is 3.06. The monoisotopic (exact) mass is 269 g/mol. The average Bonchev–Trinajstić information content (AvgIpc) is 2.39. The van der Waals surface area contributed by atoms with E-state index in [1.165, 1.54) is 7.11 Å². The minimum Gasteiger partial charge on any atom is -0.477 e. The molecule has 0 amide bonds. The lowest BCUT2D eigenvalue weighted by atomic mass is 10.2. The van der Waals surface area contributed by atoms with Gasteiger partial charge in [-0.2, -0.15) is 0 Å². The van der Waals surface area contributed by atoms with Gasteiger partial charge < -0.3 is 14.2 Å². The Morgan fingerprint density at radius 3 is 2.84 bits per heavy atom. The van der Waals surface area contributed by atoms with Crippen molar-refractivity contribution in [2.75, 3.05) is 13.7 Å². The standard InChI is InChI=1S/C12H12FNO5/c1-17-12-5-3-9(7-18-12)19-11-6-8(13)2-4-10(11)14(15)16/h2-6,9,12H,7H2,1H3/t9-,12+/m1/s1. The minimum atomic E-state index is -0.625. The van der Waals surface area contributed by atoms with Crippen LogP contribution >= 0.6 is 0 Å². The Bertz CT molecular complexity index is 505. The lowest BCUT2D eigenvalue weighted by Gasteiger charge is -2.23. The average molecular weight is 269 g/mol. The molecular weight excluding hydrogens is 257 g/mol. The quantitative estimate of drug-likeness (QED) is 0.475. The summed E-state index contributed by atoms with van der Waals surface area (Å²) in [5.41, 5.74) is -0.288. The first-order valence-corrected chi connectivity index (χ1v) is 5.53. The second-order valence-corrected chi connectivity index (χ2v) is 3.85. The van der Waals surface area contributed by atoms with Gasteiger partial charge in [-0.1, -0.05) is 0 Å². The number of hydrogen-bond acceptors (Lipinski definition) is 5. The summed E-state index contributed by atoms with van der Waals surface area (Å²) in [6.45, 7) is 0.169. The van der Waals surface area contributed by atoms with E-state index in [2.05, 4.69) is 0 Å². The van der Waals surface area contributed by atoms with Crippen LogP contribution in [0, 0.1) is 15.9 Å². The fraction of sp³-hybridized carbons (Fsp3) is 0.333. The van der Waals surface area contributed by atoms with Crippen LogP contribution in [0.3, 0.4) is 0 Å². The van der Waals surface area contributed by atoms with Gasteiger partial charge in [0, 0.05) is 19.2 Å². The molecule has 2 atom stereocenters. The molecule has 19 heavy (non-hydrogen) atoms. The maximum Gasteiger partial charge on any atom is 0.311 e. The van der Waals surface area contributed by atoms with Gasteiger partial charge in [-0.05, 0) is 18.2 Å². The van der Waals surface area contributed by atoms with E-state index in [0.29, 0.717) is 0 Å². The molecule has 6 nitrogen and oxygen atoms in total. The number of benzene rings is 1. The van der Waals surface area contributed by atoms with Crippen molar-refractivity contribution in [3.8, 4) is 5.75 Å². The molecule has 0 aromatic heterocycles. The van der Waals surface area contributed by atoms with Crippen molar-refractivity contribution < 1.29 is 23.5 Å². The fourth-order valence-corrected chi connectivity index (χ4v) is 1.63. The third-order valence-corrected chi connectivity index (χ3v) is 2.54. The second-order valence-electron chi connectivity index (χ2n) is 3.85. The van der Waals surface area contributed by atoms with Crippen molar-refractivity contribution in [3.63, 3.8) is 0 Å². The molecule has 1 aliphatic rings. The molecule has 102 valence electrons. The van der Waals surface area contributed by atoms with Gasteiger partial charge in [-0.25, -0.2) is 4.39 Å². The number of nitro benzene ring substituents is 1. The Balaban J connectivity index is 2.15. The lowest BCUT2D eigenvalue weighted by Crippen LogP contribution is -2.29. The second kappa shape index (κ2) is 5.77. The van der Waals surface area contributed by atoms with Gasteiger partial charge in [0.25, 0.3) is 0 Å². The summed E-state index contributed by atoms with van der Waals surface area (Å²) in [5.74, 6) is -0.727. The van der Waals surface area contributed by atoms with Gasteiger partial charge >= 0.3 is 5.69 Å². The molecule has 0 spiro atoms. The van der Waals surface area contributed by atoms with Gasteiger partial charge in [0.2, 0.25) is 5.75 Å². The van der Waals surface area contributed by atoms with Crippen molar-refractivity contribution in [3.05, 3.63) is 46.3 Å². The van der Waals surface area contributed by atoms with Crippen molar-refractivity contribution in [2.24, 2.45) is 0 Å². The molecule has 0 radical (unpaired) electrons. The van der Waals surface area contributed by atoms with Crippen molar-refractivity contribution >= 4 is 5.69 Å². The topological polar surface area (TPSA) is 70.8 Å². The molecule has 1 heterocycles. The highest BCUT2D eigenvalue weighted by molar-refractivity contribution is 5.46. The number of methoxy groups -OCH3 is 1. The first-order chi connectivity index (χ1) is 9.10. The summed E-state index contributed by atoms with van der Waals surface area (Å²) in [4.78, 5) is 10.2. The molecule has 1 aliphatic heterocycles. The zero-order chi connectivity index (χ0) is 13.8. The smallest absolute Gasteiger partial charge is 0.311 e. The Labute approximate surface area is 108 Å². The van der Waals surface area contributed by atoms with Crippen LogP contribution in [0.4, 0.5) is 10.1 Å². The number of ether oxygens (including phenoxy) is 3. The van der Waals surface area contributed by atoms with Crippen LogP contribution in [-0.2, 0) is 9.47 Å². The zero-order valence-electron chi connectivity index (χ0n) is 10.1. The lowest BCUT2D eigenvalue weighted by molar-refractivity contribution is -0.386. The normalized spacial score (nSPS) is 22.2. The third kappa shape index (κ3) is 3.27. The van der Waals surface area contributed by atoms with Gasteiger partial charge in [0.1, 0.15) is 11.9 Å². The molecule has 7 heteroatoms. The molecule has 0 saturated heterocycles. The number of halogens is 1. The van der Waals surface area contributed by atoms with Crippen LogP contribution in [0.25, 0.3) is 0 Å². The number of nitrogens with zero attached hydrogens (tertiary/aromatic N) is 1. The molecule has 2 rings (SSSR count). The molecule has 0 saturated carbocycles. The maximum atomic E-state index is 13.1. The highest BCUT2D eigenvalue weighted by atomic mass is 19.1. The molecule has 0 fully saturated rings. The van der Waals surface area contributed by atoms with E-state index < -0.39 is 23.1 Å². The van der Waals surface area contributed by atoms with Crippen molar-refractivity contribution in [1.82, 2.24) is 0 Å². The predicted molar refractivity (Wildman–Crippen MR) is 63.4 cm³/mol. The largest absolute Gasteiger partial charge is 0.477 e. The maximum absolute atomic E-state index is 13.1. The first-order valence-electron chi connectivity index (χ1n) is 5.53. The van der Waals surface area contributed by atoms with Crippen LogP contribution in [0.1, 0.15) is 0 Å². The van der Waals surface area contributed by atoms with Gasteiger partial charge in [-0.15, -0.1) is 0 Å². The highest BCUT2D eigenvalue weighted by Gasteiger charge is 2.22. The van der Waals surface area contributed by atoms with E-state index in [1.807, 2.05) is 0 Å². The van der Waals surface area contributed by atoms with E-state index >= 15 is 0 Å². The van der Waals surface area contributed by atoms with Crippen LogP contribution in [0.5, 0.6) is 5.75 Å². The molecule has 0 N–H and O–H groups in total. The third-order valence-electron chi connectivity index (χ3n) is 2.54. The number of rotatable bonds is 4. The fourth-order valence-electron chi connectivity index (χ4n) is 1.63. The molecule has 1 aromatic rings. The van der Waals surface area contributed by atoms with E-state index in [-0.39, 0.29) is 18.0 Å². The SMILES string of the molecule is CO[C@@H]1C=C[C@@H](Oc2cc(F)ccc2[N+](=O)[O-])CO1. The van der Waals surface area contributed by atoms with Crippen LogP contribution in [-0.4, -0.2) is 31.0 Å². The van der Waals surface area contributed by atoms with Crippen molar-refractivity contribution in [2.45, 2.75) is 12.4 Å². The van der Waals surface area contributed by atoms with Crippen LogP contribution < -0.4 is 4.74 Å². The summed E-state index contributed by atoms with van der Waals surface area (Å²) in [7, 11) is 1.49. The van der Waals surface area contributed by atoms with E-state index in [1.54, 1.807) is 12.2 Å². The highest BCUT2D eigenvalue weighted by Crippen LogP contribution is 2.29. The van der Waals surface area contributed by atoms with Gasteiger partial charge in [0.15, 0.2) is 6.29 Å². The van der Waals surface area contributed by atoms with Gasteiger partial charge in [-0.3, -0.25) is 10.1 Å². The Morgan fingerprint density at radius 2 is 2.26 bits per heavy atom. The molecule has 0 bridgehead atoms. The first kappa shape index (κ1) is 13.4. The summed E-state index contributed by atoms with van der Waals surface area (Å²) in [5, 5.41) is 10.8. The molecule has 0 unspecified atom stereocenters. The van der Waals surface area contributed by atoms with E-state index in [0.717, 1.165) is 18.2 Å². The molecular formula is C12H12FNO5. The zero-order valence-corrected chi connectivity index (χ0v) is 10.1. The number of hydrogen-bond donors (Lipinski definition) is 0. The summed E-state index contributed by atoms with van der Waals surface area (Å²) in [6.07, 6.45) is 2.31. The molecule has 0 aliphatic carbocycles. The van der Waals surface area contributed by atoms with E-state index in [9.17, 15) is 14.5 Å². The van der Waals surface area contributed by atoms with Gasteiger partial charge in [0.05, 0.1) is 11.5 Å². The van der Waals surface area contributed by atoms with Crippen LogP contribution in [0.15, 0.2) is 30.4 Å². The Kier molecular flexibility index (Phi) is 4.08. The predicted octanol–water partition coefficient (Wildman–Crippen LogP) is 2.04. The Morgan fingerprint density at radius 1 is 1.47 bits per heavy atom. The molecule has 1 aromatic carbocycles. The van der Waals surface area contributed by atoms with Crippen molar-refractivity contribution in [1.29, 1.82) is 0 Å². The minimum absolute atomic E-state index is 0.126.